The van der Waals surface area contributed by atoms with Crippen LogP contribution in [0.1, 0.15) is 60.8 Å². The Labute approximate surface area is 150 Å². The van der Waals surface area contributed by atoms with Crippen LogP contribution in [0, 0.1) is 22.7 Å². The van der Waals surface area contributed by atoms with Gasteiger partial charge in [0.25, 0.3) is 0 Å². The third kappa shape index (κ3) is 4.70. The zero-order valence-electron chi connectivity index (χ0n) is 16.3. The van der Waals surface area contributed by atoms with Crippen LogP contribution in [-0.4, -0.2) is 11.2 Å². The van der Waals surface area contributed by atoms with Crippen LogP contribution < -0.4 is 0 Å². The number of hydrogen-bond acceptors (Lipinski definition) is 1. The molecule has 0 fully saturated rings. The average molecular weight is 346 g/mol. The van der Waals surface area contributed by atoms with Crippen molar-refractivity contribution in [3.05, 3.63) is 47.1 Å². The fourth-order valence-electron chi connectivity index (χ4n) is 4.52. The summed E-state index contributed by atoms with van der Waals surface area (Å²) in [6.45, 7) is 13.7. The lowest BCUT2D eigenvalue weighted by Crippen LogP contribution is -2.29. The number of aliphatic hydroxyl groups excluding tert-OH is 1. The molecular weight excluding hydrogens is 311 g/mol. The van der Waals surface area contributed by atoms with E-state index in [2.05, 4.69) is 77.5 Å². The van der Waals surface area contributed by atoms with Gasteiger partial charge >= 0.3 is 0 Å². The van der Waals surface area contributed by atoms with Crippen molar-refractivity contribution in [3.63, 3.8) is 0 Å². The lowest BCUT2D eigenvalue weighted by molar-refractivity contribution is 0.116. The van der Waals surface area contributed by atoms with Gasteiger partial charge < -0.3 is 5.11 Å². The maximum atomic E-state index is 9.99. The van der Waals surface area contributed by atoms with Crippen LogP contribution in [-0.2, 0) is 0 Å². The number of aliphatic hydroxyl groups is 1. The molecule has 0 radical (unpaired) electrons. The molecule has 0 bridgehead atoms. The fourth-order valence-corrected chi connectivity index (χ4v) is 5.21. The molecule has 2 heteroatoms. The Hall–Kier alpha value is -0.650. The second-order valence-corrected chi connectivity index (χ2v) is 10.0. The molecule has 2 aliphatic rings. The van der Waals surface area contributed by atoms with E-state index in [1.54, 1.807) is 0 Å². The molecule has 0 saturated heterocycles. The Kier molecular flexibility index (Phi) is 6.32. The van der Waals surface area contributed by atoms with Gasteiger partial charge in [-0.25, -0.2) is 0 Å². The van der Waals surface area contributed by atoms with Gasteiger partial charge in [-0.1, -0.05) is 84.7 Å². The summed E-state index contributed by atoms with van der Waals surface area (Å²) in [4.78, 5) is 0. The van der Waals surface area contributed by atoms with E-state index >= 15 is 0 Å². The number of allylic oxidation sites excluding steroid dienone is 5. The summed E-state index contributed by atoms with van der Waals surface area (Å²) in [6, 6.07) is 0. The van der Waals surface area contributed by atoms with E-state index in [9.17, 15) is 5.11 Å². The minimum atomic E-state index is -0.178. The molecular formula is C22H35OP. The van der Waals surface area contributed by atoms with E-state index in [-0.39, 0.29) is 11.5 Å². The van der Waals surface area contributed by atoms with E-state index in [1.165, 1.54) is 17.6 Å². The predicted octanol–water partition coefficient (Wildman–Crippen LogP) is 6.43. The molecule has 4 atom stereocenters. The van der Waals surface area contributed by atoms with Gasteiger partial charge in [0, 0.05) is 0 Å². The first-order valence-electron chi connectivity index (χ1n) is 9.28. The maximum absolute atomic E-state index is 9.99. The highest BCUT2D eigenvalue weighted by Gasteiger charge is 2.32. The van der Waals surface area contributed by atoms with Gasteiger partial charge in [-0.15, -0.1) is 0 Å². The van der Waals surface area contributed by atoms with Gasteiger partial charge in [0.1, 0.15) is 0 Å². The fraction of sp³-hybridized carbons (Fsp3) is 0.636. The summed E-state index contributed by atoms with van der Waals surface area (Å²) in [5.74, 6) is 5.93. The van der Waals surface area contributed by atoms with Gasteiger partial charge in [-0.3, -0.25) is 0 Å². The molecule has 0 saturated carbocycles. The predicted molar refractivity (Wildman–Crippen MR) is 109 cm³/mol. The van der Waals surface area contributed by atoms with E-state index in [4.69, 9.17) is 0 Å². The van der Waals surface area contributed by atoms with Gasteiger partial charge in [0.05, 0.1) is 6.10 Å². The average Bonchev–Trinajstić information content (AvgIpc) is 2.42. The molecule has 1 nitrogen and oxygen atoms in total. The molecule has 1 N–H and O–H groups in total. The van der Waals surface area contributed by atoms with Gasteiger partial charge in [0.15, 0.2) is 0 Å². The minimum Gasteiger partial charge on any atom is -0.393 e. The zero-order chi connectivity index (χ0) is 18.0. The lowest BCUT2D eigenvalue weighted by Gasteiger charge is -2.38. The molecule has 0 aliphatic heterocycles. The normalized spacial score (nSPS) is 33.4. The smallest absolute Gasteiger partial charge is 0.0585 e. The first-order valence-corrected chi connectivity index (χ1v) is 10.4. The molecule has 0 spiro atoms. The molecule has 0 aromatic carbocycles. The Morgan fingerprint density at radius 1 is 1.21 bits per heavy atom. The van der Waals surface area contributed by atoms with Crippen LogP contribution >= 0.6 is 8.58 Å². The Morgan fingerprint density at radius 3 is 2.54 bits per heavy atom. The Morgan fingerprint density at radius 2 is 1.92 bits per heavy atom. The molecule has 24 heavy (non-hydrogen) atoms. The standard InChI is InChI=1S/C22H35OP/c1-16-8-7-11-21(3,4)19(16)9-12-24-13-10-20-17(2)14-18(23)15-22(20,5)6/h7-10,12-13,16,18-19,23-24H,11,14-15H2,1-6H3/t16?,18-,19+/m1/s1. The van der Waals surface area contributed by atoms with E-state index in [1.807, 2.05) is 0 Å². The molecule has 0 aromatic heterocycles. The van der Waals surface area contributed by atoms with Crippen molar-refractivity contribution in [1.29, 1.82) is 0 Å². The lowest BCUT2D eigenvalue weighted by atomic mass is 9.67. The Bertz CT molecular complexity index is 563. The topological polar surface area (TPSA) is 20.2 Å². The molecule has 0 amide bonds. The Balaban J connectivity index is 1.99. The van der Waals surface area contributed by atoms with Crippen molar-refractivity contribution < 1.29 is 5.11 Å². The van der Waals surface area contributed by atoms with Crippen LogP contribution in [0.4, 0.5) is 0 Å². The van der Waals surface area contributed by atoms with Crippen LogP contribution in [0.15, 0.2) is 47.1 Å². The van der Waals surface area contributed by atoms with Crippen molar-refractivity contribution in [2.45, 2.75) is 66.9 Å². The van der Waals surface area contributed by atoms with Crippen LogP contribution in [0.3, 0.4) is 0 Å². The second kappa shape index (κ2) is 7.71. The zero-order valence-corrected chi connectivity index (χ0v) is 17.3. The van der Waals surface area contributed by atoms with Gasteiger partial charge in [-0.05, 0) is 54.4 Å². The first-order chi connectivity index (χ1) is 11.1. The summed E-state index contributed by atoms with van der Waals surface area (Å²) in [6.07, 6.45) is 12.1. The van der Waals surface area contributed by atoms with Gasteiger partial charge in [-0.2, -0.15) is 0 Å². The van der Waals surface area contributed by atoms with E-state index in [0.717, 1.165) is 21.4 Å². The van der Waals surface area contributed by atoms with Crippen molar-refractivity contribution >= 4 is 8.58 Å². The van der Waals surface area contributed by atoms with Crippen molar-refractivity contribution in [3.8, 4) is 0 Å². The molecule has 0 heterocycles. The molecule has 134 valence electrons. The maximum Gasteiger partial charge on any atom is 0.0585 e. The highest BCUT2D eigenvalue weighted by Crippen LogP contribution is 2.43. The largest absolute Gasteiger partial charge is 0.393 e. The monoisotopic (exact) mass is 346 g/mol. The SMILES string of the molecule is CC1=C(C=CPC=C[C@H]2C(C)C=CCC2(C)C)C(C)(C)C[C@H](O)C1. The highest BCUT2D eigenvalue weighted by atomic mass is 31.1. The second-order valence-electron chi connectivity index (χ2n) is 9.00. The quantitative estimate of drug-likeness (QED) is 0.459. The molecule has 2 aliphatic carbocycles. The first kappa shape index (κ1) is 19.7. The summed E-state index contributed by atoms with van der Waals surface area (Å²) in [5, 5.41) is 9.99. The number of hydrogen-bond donors (Lipinski definition) is 1. The van der Waals surface area contributed by atoms with E-state index < -0.39 is 0 Å². The third-order valence-electron chi connectivity index (χ3n) is 5.78. The summed E-state index contributed by atoms with van der Waals surface area (Å²) < 4.78 is 0. The molecule has 0 aromatic rings. The molecule has 2 rings (SSSR count). The van der Waals surface area contributed by atoms with Crippen LogP contribution in [0.25, 0.3) is 0 Å². The van der Waals surface area contributed by atoms with Crippen molar-refractivity contribution in [2.75, 3.05) is 0 Å². The van der Waals surface area contributed by atoms with Crippen molar-refractivity contribution in [1.82, 2.24) is 0 Å². The summed E-state index contributed by atoms with van der Waals surface area (Å²) in [5.41, 5.74) is 3.20. The third-order valence-corrected chi connectivity index (χ3v) is 6.52. The van der Waals surface area contributed by atoms with Crippen LogP contribution in [0.5, 0.6) is 0 Å². The van der Waals surface area contributed by atoms with Crippen LogP contribution in [0.2, 0.25) is 0 Å². The number of rotatable bonds is 4. The molecule has 2 unspecified atom stereocenters. The van der Waals surface area contributed by atoms with Gasteiger partial charge in [0.2, 0.25) is 0 Å². The minimum absolute atomic E-state index is 0.0805. The van der Waals surface area contributed by atoms with E-state index in [0.29, 0.717) is 17.3 Å². The van der Waals surface area contributed by atoms with Crippen molar-refractivity contribution in [2.24, 2.45) is 22.7 Å². The summed E-state index contributed by atoms with van der Waals surface area (Å²) in [7, 11) is 0.724. The highest BCUT2D eigenvalue weighted by molar-refractivity contribution is 7.45. The summed E-state index contributed by atoms with van der Waals surface area (Å²) >= 11 is 0.